The van der Waals surface area contributed by atoms with E-state index in [9.17, 15) is 5.11 Å². The van der Waals surface area contributed by atoms with E-state index in [1.165, 1.54) is 0 Å². The molecule has 1 fully saturated rings. The van der Waals surface area contributed by atoms with Crippen molar-refractivity contribution in [2.45, 2.75) is 32.4 Å². The van der Waals surface area contributed by atoms with E-state index in [4.69, 9.17) is 4.42 Å². The molecule has 1 saturated heterocycles. The van der Waals surface area contributed by atoms with E-state index in [2.05, 4.69) is 27.0 Å². The van der Waals surface area contributed by atoms with Crippen molar-refractivity contribution in [3.63, 3.8) is 0 Å². The van der Waals surface area contributed by atoms with Crippen LogP contribution in [0.5, 0.6) is 0 Å². The predicted molar refractivity (Wildman–Crippen MR) is 95.9 cm³/mol. The Morgan fingerprint density at radius 2 is 1.96 bits per heavy atom. The Bertz CT molecular complexity index is 638. The van der Waals surface area contributed by atoms with E-state index >= 15 is 0 Å². The molecule has 2 heterocycles. The molecule has 0 saturated carbocycles. The maximum atomic E-state index is 10.4. The van der Waals surface area contributed by atoms with Crippen LogP contribution in [0.2, 0.25) is 0 Å². The molecule has 1 aromatic heterocycles. The molecule has 0 bridgehead atoms. The first-order valence-corrected chi connectivity index (χ1v) is 9.03. The van der Waals surface area contributed by atoms with Gasteiger partial charge < -0.3 is 14.4 Å². The number of aryl methyl sites for hydroxylation is 1. The van der Waals surface area contributed by atoms with Crippen LogP contribution in [0.4, 0.5) is 0 Å². The number of aromatic nitrogens is 2. The Morgan fingerprint density at radius 1 is 1.24 bits per heavy atom. The molecule has 0 unspecified atom stereocenters. The van der Waals surface area contributed by atoms with Gasteiger partial charge in [-0.05, 0) is 44.5 Å². The minimum atomic E-state index is -0.402. The highest BCUT2D eigenvalue weighted by Crippen LogP contribution is 2.21. The first-order chi connectivity index (χ1) is 12.1. The van der Waals surface area contributed by atoms with Gasteiger partial charge in [0.2, 0.25) is 11.8 Å². The molecular weight excluding hydrogens is 316 g/mol. The highest BCUT2D eigenvalue weighted by Gasteiger charge is 2.22. The highest BCUT2D eigenvalue weighted by molar-refractivity contribution is 5.17. The number of aliphatic hydroxyl groups is 1. The van der Waals surface area contributed by atoms with Crippen LogP contribution in [0.3, 0.4) is 0 Å². The number of piperidine rings is 1. The topological polar surface area (TPSA) is 65.6 Å². The summed E-state index contributed by atoms with van der Waals surface area (Å²) in [7, 11) is 2.10. The molecule has 0 radical (unpaired) electrons. The second kappa shape index (κ2) is 8.56. The van der Waals surface area contributed by atoms with E-state index in [0.29, 0.717) is 30.8 Å². The second-order valence-corrected chi connectivity index (χ2v) is 7.08. The average Bonchev–Trinajstić information content (AvgIpc) is 3.02. The molecular formula is C19H28N4O2. The van der Waals surface area contributed by atoms with Gasteiger partial charge >= 0.3 is 0 Å². The molecule has 0 aliphatic carbocycles. The van der Waals surface area contributed by atoms with Crippen molar-refractivity contribution in [2.75, 3.05) is 33.2 Å². The van der Waals surface area contributed by atoms with Gasteiger partial charge in [0.15, 0.2) is 0 Å². The maximum absolute atomic E-state index is 10.4. The fourth-order valence-electron chi connectivity index (χ4n) is 3.51. The molecule has 136 valence electrons. The summed E-state index contributed by atoms with van der Waals surface area (Å²) < 4.78 is 5.45. The van der Waals surface area contributed by atoms with E-state index in [-0.39, 0.29) is 0 Å². The Kier molecular flexibility index (Phi) is 6.18. The molecule has 1 aromatic carbocycles. The van der Waals surface area contributed by atoms with Crippen molar-refractivity contribution in [1.29, 1.82) is 0 Å². The van der Waals surface area contributed by atoms with Crippen molar-refractivity contribution in [1.82, 2.24) is 20.0 Å². The fraction of sp³-hybridized carbons (Fsp3) is 0.579. The lowest BCUT2D eigenvalue weighted by Gasteiger charge is -2.34. The molecule has 6 heteroatoms. The number of likely N-dealkylation sites (tertiary alicyclic amines) is 1. The van der Waals surface area contributed by atoms with Gasteiger partial charge in [0.05, 0.1) is 12.6 Å². The summed E-state index contributed by atoms with van der Waals surface area (Å²) >= 11 is 0. The summed E-state index contributed by atoms with van der Waals surface area (Å²) in [6.07, 6.45) is 1.92. The van der Waals surface area contributed by atoms with E-state index in [1.807, 2.05) is 37.3 Å². The third-order valence-electron chi connectivity index (χ3n) is 4.87. The Hall–Kier alpha value is -1.76. The molecule has 1 aliphatic rings. The van der Waals surface area contributed by atoms with Crippen LogP contribution in [0, 0.1) is 12.8 Å². The number of nitrogens with zero attached hydrogens (tertiary/aromatic N) is 4. The van der Waals surface area contributed by atoms with Gasteiger partial charge in [0.1, 0.15) is 0 Å². The molecule has 3 rings (SSSR count). The molecule has 1 atom stereocenters. The quantitative estimate of drug-likeness (QED) is 0.831. The zero-order valence-corrected chi connectivity index (χ0v) is 15.1. The van der Waals surface area contributed by atoms with Gasteiger partial charge in [0, 0.05) is 20.0 Å². The second-order valence-electron chi connectivity index (χ2n) is 7.08. The van der Waals surface area contributed by atoms with Gasteiger partial charge in [-0.1, -0.05) is 30.3 Å². The summed E-state index contributed by atoms with van der Waals surface area (Å²) in [5.74, 6) is 1.98. The van der Waals surface area contributed by atoms with Crippen LogP contribution < -0.4 is 0 Å². The maximum Gasteiger partial charge on any atom is 0.230 e. The monoisotopic (exact) mass is 344 g/mol. The van der Waals surface area contributed by atoms with Crippen LogP contribution in [-0.2, 0) is 6.54 Å². The Balaban J connectivity index is 1.39. The van der Waals surface area contributed by atoms with Gasteiger partial charge in [-0.25, -0.2) is 0 Å². The summed E-state index contributed by atoms with van der Waals surface area (Å²) in [6.45, 7) is 6.36. The van der Waals surface area contributed by atoms with E-state index < -0.39 is 6.10 Å². The smallest absolute Gasteiger partial charge is 0.230 e. The van der Waals surface area contributed by atoms with Gasteiger partial charge in [0.25, 0.3) is 0 Å². The number of aliphatic hydroxyl groups excluding tert-OH is 1. The molecule has 25 heavy (non-hydrogen) atoms. The van der Waals surface area contributed by atoms with Crippen LogP contribution in [0.1, 0.15) is 36.3 Å². The number of hydrogen-bond acceptors (Lipinski definition) is 6. The largest absolute Gasteiger partial charge is 0.424 e. The van der Waals surface area contributed by atoms with Gasteiger partial charge in [-0.2, -0.15) is 0 Å². The molecule has 6 nitrogen and oxygen atoms in total. The van der Waals surface area contributed by atoms with Gasteiger partial charge in [-0.15, -0.1) is 10.2 Å². The third-order valence-corrected chi connectivity index (χ3v) is 4.87. The Morgan fingerprint density at radius 3 is 2.60 bits per heavy atom. The molecule has 0 amide bonds. The summed E-state index contributed by atoms with van der Waals surface area (Å²) in [4.78, 5) is 4.63. The van der Waals surface area contributed by atoms with Gasteiger partial charge in [-0.3, -0.25) is 4.90 Å². The first-order valence-electron chi connectivity index (χ1n) is 9.03. The zero-order valence-electron chi connectivity index (χ0n) is 15.1. The van der Waals surface area contributed by atoms with Crippen LogP contribution in [0.25, 0.3) is 0 Å². The van der Waals surface area contributed by atoms with Crippen molar-refractivity contribution in [3.8, 4) is 0 Å². The standard InChI is InChI=1S/C19H28N4O2/c1-15-20-21-19(25-15)14-22(2)12-16-8-10-23(11-9-16)13-18(24)17-6-4-3-5-7-17/h3-7,16,18,24H,8-14H2,1-2H3/t18-/m0/s1. The summed E-state index contributed by atoms with van der Waals surface area (Å²) in [5, 5.41) is 18.3. The molecule has 1 aliphatic heterocycles. The summed E-state index contributed by atoms with van der Waals surface area (Å²) in [6, 6.07) is 9.92. The summed E-state index contributed by atoms with van der Waals surface area (Å²) in [5.41, 5.74) is 0.999. The van der Waals surface area contributed by atoms with E-state index in [0.717, 1.165) is 38.0 Å². The van der Waals surface area contributed by atoms with Crippen molar-refractivity contribution < 1.29 is 9.52 Å². The average molecular weight is 344 g/mol. The van der Waals surface area contributed by atoms with Crippen LogP contribution >= 0.6 is 0 Å². The normalized spacial score (nSPS) is 17.9. The van der Waals surface area contributed by atoms with Crippen molar-refractivity contribution in [3.05, 3.63) is 47.7 Å². The number of hydrogen-bond donors (Lipinski definition) is 1. The van der Waals surface area contributed by atoms with Crippen LogP contribution in [-0.4, -0.2) is 58.3 Å². The highest BCUT2D eigenvalue weighted by atomic mass is 16.4. The SMILES string of the molecule is Cc1nnc(CN(C)CC2CCN(C[C@H](O)c3ccccc3)CC2)o1. The minimum absolute atomic E-state index is 0.402. The van der Waals surface area contributed by atoms with E-state index in [1.54, 1.807) is 0 Å². The zero-order chi connectivity index (χ0) is 17.6. The van der Waals surface area contributed by atoms with Crippen LogP contribution in [0.15, 0.2) is 34.7 Å². The first kappa shape index (κ1) is 18.0. The minimum Gasteiger partial charge on any atom is -0.424 e. The number of rotatable bonds is 7. The lowest BCUT2D eigenvalue weighted by Crippen LogP contribution is -2.39. The van der Waals surface area contributed by atoms with Crippen molar-refractivity contribution in [2.24, 2.45) is 5.92 Å². The molecule has 1 N–H and O–H groups in total. The fourth-order valence-corrected chi connectivity index (χ4v) is 3.51. The number of benzene rings is 1. The van der Waals surface area contributed by atoms with Crippen molar-refractivity contribution >= 4 is 0 Å². The third kappa shape index (κ3) is 5.36. The Labute approximate surface area is 149 Å². The molecule has 0 spiro atoms. The number of β-amino-alcohol motifs (C(OH)–C–C–N with tert-alkyl or cyclic N) is 1. The predicted octanol–water partition coefficient (Wildman–Crippen LogP) is 2.26. The lowest BCUT2D eigenvalue weighted by molar-refractivity contribution is 0.0818. The lowest BCUT2D eigenvalue weighted by atomic mass is 9.95. The molecule has 2 aromatic rings.